The number of nitrogens with one attached hydrogen (secondary N) is 1. The van der Waals surface area contributed by atoms with Crippen molar-refractivity contribution in [3.63, 3.8) is 0 Å². The lowest BCUT2D eigenvalue weighted by molar-refractivity contribution is -0.137. The van der Waals surface area contributed by atoms with Gasteiger partial charge in [0.2, 0.25) is 5.91 Å². The largest absolute Gasteiger partial charge is 0.481 e. The first kappa shape index (κ1) is 11.2. The summed E-state index contributed by atoms with van der Waals surface area (Å²) in [6, 6.07) is -0.231. The molecule has 1 unspecified atom stereocenters. The third-order valence-electron chi connectivity index (χ3n) is 1.84. The fraction of sp³-hybridized carbons (Fsp3) is 0.444. The van der Waals surface area contributed by atoms with E-state index >= 15 is 0 Å². The molecule has 1 aromatic heterocycles. The minimum Gasteiger partial charge on any atom is -0.481 e. The number of aliphatic carboxylic acids is 1. The number of carboxylic acid groups (broad SMARTS) is 1. The minimum absolute atomic E-state index is 0.00118. The maximum absolute atomic E-state index is 10.7. The normalized spacial score (nSPS) is 12.1. The standard InChI is InChI=1S/C9H13N3O3/c1-6(3-9(14)15)12-5-8(4-10-12)11-7(2)13/h4-6H,3H2,1-2H3,(H,11,13)(H,14,15). The monoisotopic (exact) mass is 211 g/mol. The lowest BCUT2D eigenvalue weighted by Gasteiger charge is -2.08. The quantitative estimate of drug-likeness (QED) is 0.774. The zero-order valence-electron chi connectivity index (χ0n) is 8.60. The zero-order chi connectivity index (χ0) is 11.4. The smallest absolute Gasteiger partial charge is 0.305 e. The van der Waals surface area contributed by atoms with Crippen molar-refractivity contribution < 1.29 is 14.7 Å². The summed E-state index contributed by atoms with van der Waals surface area (Å²) in [6.07, 6.45) is 3.09. The van der Waals surface area contributed by atoms with E-state index in [4.69, 9.17) is 5.11 Å². The number of amides is 1. The molecule has 0 aromatic carbocycles. The molecule has 2 N–H and O–H groups in total. The van der Waals surface area contributed by atoms with Crippen LogP contribution < -0.4 is 5.32 Å². The van der Waals surface area contributed by atoms with Crippen LogP contribution in [0.2, 0.25) is 0 Å². The van der Waals surface area contributed by atoms with Crippen molar-refractivity contribution >= 4 is 17.6 Å². The van der Waals surface area contributed by atoms with E-state index in [1.54, 1.807) is 13.1 Å². The Balaban J connectivity index is 2.66. The summed E-state index contributed by atoms with van der Waals surface area (Å²) in [6.45, 7) is 3.15. The third-order valence-corrected chi connectivity index (χ3v) is 1.84. The van der Waals surface area contributed by atoms with Gasteiger partial charge in [0.05, 0.1) is 24.3 Å². The van der Waals surface area contributed by atoms with E-state index in [-0.39, 0.29) is 18.4 Å². The molecule has 15 heavy (non-hydrogen) atoms. The molecule has 0 bridgehead atoms. The number of hydrogen-bond donors (Lipinski definition) is 2. The van der Waals surface area contributed by atoms with Gasteiger partial charge in [-0.2, -0.15) is 5.10 Å². The first-order valence-corrected chi connectivity index (χ1v) is 4.52. The van der Waals surface area contributed by atoms with E-state index in [0.29, 0.717) is 5.69 Å². The lowest BCUT2D eigenvalue weighted by Crippen LogP contribution is -2.11. The Morgan fingerprint density at radius 1 is 1.67 bits per heavy atom. The predicted octanol–water partition coefficient (Wildman–Crippen LogP) is 0.877. The molecule has 0 aliphatic rings. The maximum Gasteiger partial charge on any atom is 0.305 e. The summed E-state index contributed by atoms with van der Waals surface area (Å²) in [5.74, 6) is -1.06. The van der Waals surface area contributed by atoms with E-state index in [9.17, 15) is 9.59 Å². The molecule has 1 aromatic rings. The molecule has 1 atom stereocenters. The van der Waals surface area contributed by atoms with Crippen LogP contribution >= 0.6 is 0 Å². The lowest BCUT2D eigenvalue weighted by atomic mass is 10.2. The number of anilines is 1. The van der Waals surface area contributed by atoms with Crippen LogP contribution in [0.25, 0.3) is 0 Å². The molecule has 0 fully saturated rings. The summed E-state index contributed by atoms with van der Waals surface area (Å²) >= 11 is 0. The van der Waals surface area contributed by atoms with Crippen molar-refractivity contribution in [3.05, 3.63) is 12.4 Å². The number of hydrogen-bond acceptors (Lipinski definition) is 3. The van der Waals surface area contributed by atoms with Gasteiger partial charge in [-0.25, -0.2) is 0 Å². The number of carboxylic acids is 1. The highest BCUT2D eigenvalue weighted by Crippen LogP contribution is 2.13. The summed E-state index contributed by atoms with van der Waals surface area (Å²) in [7, 11) is 0. The van der Waals surface area contributed by atoms with Gasteiger partial charge in [0.25, 0.3) is 0 Å². The van der Waals surface area contributed by atoms with Gasteiger partial charge in [0.15, 0.2) is 0 Å². The second-order valence-electron chi connectivity index (χ2n) is 3.34. The second kappa shape index (κ2) is 4.59. The van der Waals surface area contributed by atoms with Gasteiger partial charge in [-0.05, 0) is 6.92 Å². The Bertz CT molecular complexity index is 372. The molecule has 0 saturated carbocycles. The van der Waals surface area contributed by atoms with Crippen LogP contribution in [-0.4, -0.2) is 26.8 Å². The fourth-order valence-corrected chi connectivity index (χ4v) is 1.19. The summed E-state index contributed by atoms with van der Waals surface area (Å²) in [5, 5.41) is 15.1. The van der Waals surface area contributed by atoms with E-state index in [1.165, 1.54) is 17.8 Å². The van der Waals surface area contributed by atoms with Gasteiger partial charge < -0.3 is 10.4 Å². The van der Waals surface area contributed by atoms with Gasteiger partial charge in [-0.3, -0.25) is 14.3 Å². The van der Waals surface area contributed by atoms with Crippen LogP contribution in [0.1, 0.15) is 26.3 Å². The average Bonchev–Trinajstić information content (AvgIpc) is 2.50. The summed E-state index contributed by atoms with van der Waals surface area (Å²) in [4.78, 5) is 21.2. The Hall–Kier alpha value is -1.85. The highest BCUT2D eigenvalue weighted by atomic mass is 16.4. The molecule has 82 valence electrons. The van der Waals surface area contributed by atoms with Gasteiger partial charge in [0.1, 0.15) is 0 Å². The Labute approximate surface area is 86.9 Å². The van der Waals surface area contributed by atoms with E-state index in [0.717, 1.165) is 0 Å². The van der Waals surface area contributed by atoms with Crippen LogP contribution in [0, 0.1) is 0 Å². The van der Waals surface area contributed by atoms with E-state index < -0.39 is 5.97 Å². The number of carbonyl (C=O) groups excluding carboxylic acids is 1. The van der Waals surface area contributed by atoms with Gasteiger partial charge in [0, 0.05) is 13.1 Å². The molecular formula is C9H13N3O3. The number of nitrogens with zero attached hydrogens (tertiary/aromatic N) is 2. The molecule has 0 aliphatic heterocycles. The molecule has 0 spiro atoms. The number of aromatic nitrogens is 2. The van der Waals surface area contributed by atoms with Crippen LogP contribution in [0.4, 0.5) is 5.69 Å². The fourth-order valence-electron chi connectivity index (χ4n) is 1.19. The molecule has 0 aliphatic carbocycles. The predicted molar refractivity (Wildman–Crippen MR) is 53.5 cm³/mol. The third kappa shape index (κ3) is 3.41. The van der Waals surface area contributed by atoms with Crippen molar-refractivity contribution in [3.8, 4) is 0 Å². The molecule has 1 amide bonds. The van der Waals surface area contributed by atoms with E-state index in [2.05, 4.69) is 10.4 Å². The molecule has 0 saturated heterocycles. The zero-order valence-corrected chi connectivity index (χ0v) is 8.60. The van der Waals surface area contributed by atoms with Gasteiger partial charge in [-0.1, -0.05) is 0 Å². The first-order valence-electron chi connectivity index (χ1n) is 4.52. The van der Waals surface area contributed by atoms with Crippen molar-refractivity contribution in [2.75, 3.05) is 5.32 Å². The minimum atomic E-state index is -0.876. The maximum atomic E-state index is 10.7. The highest BCUT2D eigenvalue weighted by Gasteiger charge is 2.10. The molecule has 1 rings (SSSR count). The SMILES string of the molecule is CC(=O)Nc1cnn(C(C)CC(=O)O)c1. The summed E-state index contributed by atoms with van der Waals surface area (Å²) < 4.78 is 1.51. The van der Waals surface area contributed by atoms with Crippen molar-refractivity contribution in [1.82, 2.24) is 9.78 Å². The number of carbonyl (C=O) groups is 2. The molecule has 6 nitrogen and oxygen atoms in total. The second-order valence-corrected chi connectivity index (χ2v) is 3.34. The molecule has 1 heterocycles. The van der Waals surface area contributed by atoms with Crippen LogP contribution in [0.5, 0.6) is 0 Å². The topological polar surface area (TPSA) is 84.2 Å². The van der Waals surface area contributed by atoms with Gasteiger partial charge >= 0.3 is 5.97 Å². The van der Waals surface area contributed by atoms with Crippen molar-refractivity contribution in [2.24, 2.45) is 0 Å². The van der Waals surface area contributed by atoms with Crippen molar-refractivity contribution in [2.45, 2.75) is 26.3 Å². The highest BCUT2D eigenvalue weighted by molar-refractivity contribution is 5.88. The van der Waals surface area contributed by atoms with Gasteiger partial charge in [-0.15, -0.1) is 0 Å². The average molecular weight is 211 g/mol. The van der Waals surface area contributed by atoms with Crippen LogP contribution in [0.3, 0.4) is 0 Å². The molecule has 0 radical (unpaired) electrons. The van der Waals surface area contributed by atoms with Crippen molar-refractivity contribution in [1.29, 1.82) is 0 Å². The molecular weight excluding hydrogens is 198 g/mol. The van der Waals surface area contributed by atoms with Crippen LogP contribution in [0.15, 0.2) is 12.4 Å². The first-order chi connectivity index (χ1) is 6.99. The Morgan fingerprint density at radius 2 is 2.33 bits per heavy atom. The van der Waals surface area contributed by atoms with Crippen LogP contribution in [-0.2, 0) is 9.59 Å². The summed E-state index contributed by atoms with van der Waals surface area (Å²) in [5.41, 5.74) is 0.569. The molecule has 6 heteroatoms. The Morgan fingerprint density at radius 3 is 2.87 bits per heavy atom. The Kier molecular flexibility index (Phi) is 3.43. The number of rotatable bonds is 4. The van der Waals surface area contributed by atoms with E-state index in [1.807, 2.05) is 0 Å².